The van der Waals surface area contributed by atoms with E-state index in [-0.39, 0.29) is 17.9 Å². The molecule has 1 aromatic heterocycles. The number of hydrogen-bond donors (Lipinski definition) is 2. The Hall–Kier alpha value is -3.13. The largest absolute Gasteiger partial charge is 0.342 e. The number of fused-ring (bicyclic) bond motifs is 1. The lowest BCUT2D eigenvalue weighted by atomic mass is 10.0. The van der Waals surface area contributed by atoms with Crippen LogP contribution in [0.25, 0.3) is 11.0 Å². The lowest BCUT2D eigenvalue weighted by molar-refractivity contribution is 0.0923. The summed E-state index contributed by atoms with van der Waals surface area (Å²) in [7, 11) is 0. The van der Waals surface area contributed by atoms with Crippen LogP contribution in [0.3, 0.4) is 0 Å². The van der Waals surface area contributed by atoms with Crippen molar-refractivity contribution >= 4 is 16.9 Å². The first-order chi connectivity index (χ1) is 11.6. The van der Waals surface area contributed by atoms with Crippen LogP contribution in [0.1, 0.15) is 41.6 Å². The lowest BCUT2D eigenvalue weighted by Crippen LogP contribution is -2.32. The van der Waals surface area contributed by atoms with Crippen molar-refractivity contribution in [1.29, 1.82) is 5.26 Å². The number of carbonyl (C=O) groups is 1. The number of benzene rings is 2. The molecule has 5 heteroatoms. The van der Waals surface area contributed by atoms with Crippen LogP contribution in [0.2, 0.25) is 0 Å². The Morgan fingerprint density at radius 1 is 1.21 bits per heavy atom. The number of imidazole rings is 1. The third-order valence-corrected chi connectivity index (χ3v) is 3.91. The average Bonchev–Trinajstić information content (AvgIpc) is 3.02. The van der Waals surface area contributed by atoms with Crippen LogP contribution >= 0.6 is 0 Å². The van der Waals surface area contributed by atoms with E-state index >= 15 is 0 Å². The minimum Gasteiger partial charge on any atom is -0.342 e. The van der Waals surface area contributed by atoms with Gasteiger partial charge < -0.3 is 10.3 Å². The van der Waals surface area contributed by atoms with E-state index in [1.54, 1.807) is 24.3 Å². The molecule has 0 fully saturated rings. The van der Waals surface area contributed by atoms with Gasteiger partial charge in [-0.2, -0.15) is 5.26 Å². The molecule has 24 heavy (non-hydrogen) atoms. The summed E-state index contributed by atoms with van der Waals surface area (Å²) in [5.74, 6) is 0.677. The van der Waals surface area contributed by atoms with Crippen molar-refractivity contribution in [2.24, 2.45) is 5.92 Å². The van der Waals surface area contributed by atoms with Crippen LogP contribution in [0.5, 0.6) is 0 Å². The summed E-state index contributed by atoms with van der Waals surface area (Å²) in [4.78, 5) is 20.4. The van der Waals surface area contributed by atoms with Crippen LogP contribution in [0.4, 0.5) is 0 Å². The summed E-state index contributed by atoms with van der Waals surface area (Å²) in [6.45, 7) is 4.06. The van der Waals surface area contributed by atoms with E-state index in [1.807, 2.05) is 44.2 Å². The number of H-pyrrole nitrogens is 1. The fourth-order valence-electron chi connectivity index (χ4n) is 2.63. The molecule has 2 aromatic carbocycles. The summed E-state index contributed by atoms with van der Waals surface area (Å²) in [6, 6.07) is 16.3. The molecular formula is C19H18N4O. The molecule has 0 aliphatic heterocycles. The molecule has 0 saturated carbocycles. The summed E-state index contributed by atoms with van der Waals surface area (Å²) >= 11 is 0. The molecule has 2 N–H and O–H groups in total. The number of nitriles is 1. The maximum atomic E-state index is 12.6. The standard InChI is InChI=1S/C19H18N4O/c1-12(2)17(18-21-15-8-3-4-9-16(15)22-18)23-19(24)14-7-5-6-13(10-14)11-20/h3-10,12,17H,1-2H3,(H,21,22)(H,23,24). The summed E-state index contributed by atoms with van der Waals surface area (Å²) < 4.78 is 0. The smallest absolute Gasteiger partial charge is 0.251 e. The maximum absolute atomic E-state index is 12.6. The topological polar surface area (TPSA) is 81.6 Å². The Bertz CT molecular complexity index is 887. The van der Waals surface area contributed by atoms with Crippen molar-refractivity contribution in [2.45, 2.75) is 19.9 Å². The minimum absolute atomic E-state index is 0.161. The van der Waals surface area contributed by atoms with Gasteiger partial charge in [-0.05, 0) is 36.2 Å². The minimum atomic E-state index is -0.240. The molecule has 0 radical (unpaired) electrons. The first-order valence-corrected chi connectivity index (χ1v) is 7.84. The monoisotopic (exact) mass is 318 g/mol. The zero-order chi connectivity index (χ0) is 17.1. The van der Waals surface area contributed by atoms with E-state index in [0.29, 0.717) is 11.1 Å². The molecule has 5 nitrogen and oxygen atoms in total. The quantitative estimate of drug-likeness (QED) is 0.771. The third-order valence-electron chi connectivity index (χ3n) is 3.91. The summed E-state index contributed by atoms with van der Waals surface area (Å²) in [5, 5.41) is 12.0. The van der Waals surface area contributed by atoms with Gasteiger partial charge >= 0.3 is 0 Å². The van der Waals surface area contributed by atoms with Crippen molar-refractivity contribution in [2.75, 3.05) is 0 Å². The van der Waals surface area contributed by atoms with Crippen molar-refractivity contribution in [3.63, 3.8) is 0 Å². The van der Waals surface area contributed by atoms with Gasteiger partial charge in [-0.15, -0.1) is 0 Å². The molecule has 120 valence electrons. The Labute approximate surface area is 140 Å². The Kier molecular flexibility index (Phi) is 4.30. The second kappa shape index (κ2) is 6.55. The van der Waals surface area contributed by atoms with Crippen molar-refractivity contribution in [3.8, 4) is 6.07 Å². The highest BCUT2D eigenvalue weighted by atomic mass is 16.1. The maximum Gasteiger partial charge on any atom is 0.251 e. The Morgan fingerprint density at radius 2 is 2.00 bits per heavy atom. The highest BCUT2D eigenvalue weighted by Gasteiger charge is 2.22. The van der Waals surface area contributed by atoms with E-state index in [0.717, 1.165) is 16.9 Å². The van der Waals surface area contributed by atoms with Gasteiger partial charge in [-0.3, -0.25) is 4.79 Å². The van der Waals surface area contributed by atoms with Crippen LogP contribution < -0.4 is 5.32 Å². The van der Waals surface area contributed by atoms with Gasteiger partial charge in [0.15, 0.2) is 0 Å². The molecule has 3 aromatic rings. The highest BCUT2D eigenvalue weighted by molar-refractivity contribution is 5.94. The number of para-hydroxylation sites is 2. The molecule has 1 amide bonds. The lowest BCUT2D eigenvalue weighted by Gasteiger charge is -2.20. The van der Waals surface area contributed by atoms with E-state index in [9.17, 15) is 4.79 Å². The molecule has 1 unspecified atom stereocenters. The molecule has 0 spiro atoms. The van der Waals surface area contributed by atoms with Crippen LogP contribution in [-0.4, -0.2) is 15.9 Å². The summed E-state index contributed by atoms with van der Waals surface area (Å²) in [6.07, 6.45) is 0. The number of hydrogen-bond acceptors (Lipinski definition) is 3. The van der Waals surface area contributed by atoms with Gasteiger partial charge in [-0.25, -0.2) is 4.98 Å². The molecule has 0 bridgehead atoms. The normalized spacial score (nSPS) is 12.1. The highest BCUT2D eigenvalue weighted by Crippen LogP contribution is 2.22. The molecule has 0 aliphatic carbocycles. The van der Waals surface area contributed by atoms with Crippen molar-refractivity contribution in [3.05, 3.63) is 65.5 Å². The number of carbonyl (C=O) groups excluding carboxylic acids is 1. The van der Waals surface area contributed by atoms with E-state index in [1.165, 1.54) is 0 Å². The number of rotatable bonds is 4. The van der Waals surface area contributed by atoms with Crippen LogP contribution in [-0.2, 0) is 0 Å². The van der Waals surface area contributed by atoms with Gasteiger partial charge in [0.1, 0.15) is 5.82 Å². The number of aromatic nitrogens is 2. The molecule has 0 aliphatic rings. The summed E-state index contributed by atoms with van der Waals surface area (Å²) in [5.41, 5.74) is 2.75. The van der Waals surface area contributed by atoms with Crippen molar-refractivity contribution in [1.82, 2.24) is 15.3 Å². The Balaban J connectivity index is 1.88. The van der Waals surface area contributed by atoms with Crippen LogP contribution in [0, 0.1) is 17.2 Å². The second-order valence-electron chi connectivity index (χ2n) is 6.03. The van der Waals surface area contributed by atoms with Crippen LogP contribution in [0.15, 0.2) is 48.5 Å². The van der Waals surface area contributed by atoms with Gasteiger partial charge in [0, 0.05) is 5.56 Å². The van der Waals surface area contributed by atoms with E-state index < -0.39 is 0 Å². The third kappa shape index (κ3) is 3.13. The first kappa shape index (κ1) is 15.8. The van der Waals surface area contributed by atoms with E-state index in [2.05, 4.69) is 15.3 Å². The number of nitrogens with one attached hydrogen (secondary N) is 2. The first-order valence-electron chi connectivity index (χ1n) is 7.84. The molecule has 1 atom stereocenters. The molecule has 3 rings (SSSR count). The van der Waals surface area contributed by atoms with E-state index in [4.69, 9.17) is 5.26 Å². The zero-order valence-corrected chi connectivity index (χ0v) is 13.6. The predicted octanol–water partition coefficient (Wildman–Crippen LogP) is 3.56. The van der Waals surface area contributed by atoms with Gasteiger partial charge in [0.2, 0.25) is 0 Å². The fraction of sp³-hybridized carbons (Fsp3) is 0.211. The SMILES string of the molecule is CC(C)C(NC(=O)c1cccc(C#N)c1)c1nc2ccccc2[nH]1. The average molecular weight is 318 g/mol. The molecule has 1 heterocycles. The number of aromatic amines is 1. The Morgan fingerprint density at radius 3 is 2.71 bits per heavy atom. The predicted molar refractivity (Wildman–Crippen MR) is 92.3 cm³/mol. The molecular weight excluding hydrogens is 300 g/mol. The van der Waals surface area contributed by atoms with Gasteiger partial charge in [0.05, 0.1) is 28.7 Å². The molecule has 0 saturated heterocycles. The van der Waals surface area contributed by atoms with Gasteiger partial charge in [0.25, 0.3) is 5.91 Å². The van der Waals surface area contributed by atoms with Crippen molar-refractivity contribution < 1.29 is 4.79 Å². The number of amides is 1. The number of nitrogens with zero attached hydrogens (tertiary/aromatic N) is 2. The zero-order valence-electron chi connectivity index (χ0n) is 13.6. The fourth-order valence-corrected chi connectivity index (χ4v) is 2.63. The van der Waals surface area contributed by atoms with Gasteiger partial charge in [-0.1, -0.05) is 32.0 Å². The second-order valence-corrected chi connectivity index (χ2v) is 6.03.